The summed E-state index contributed by atoms with van der Waals surface area (Å²) in [5.74, 6) is 1.23. The van der Waals surface area contributed by atoms with E-state index >= 15 is 0 Å². The van der Waals surface area contributed by atoms with E-state index in [-0.39, 0.29) is 5.56 Å². The first-order chi connectivity index (χ1) is 12.3. The van der Waals surface area contributed by atoms with Gasteiger partial charge in [0.05, 0.1) is 5.69 Å². The molecule has 9 heteroatoms. The number of hydrogen-bond donors (Lipinski definition) is 0. The lowest BCUT2D eigenvalue weighted by molar-refractivity contribution is 0.246. The molecular weight excluding hydrogens is 336 g/mol. The van der Waals surface area contributed by atoms with Gasteiger partial charge < -0.3 is 9.42 Å². The summed E-state index contributed by atoms with van der Waals surface area (Å²) < 4.78 is 7.56. The number of aromatic nitrogens is 3. The predicted molar refractivity (Wildman–Crippen MR) is 95.1 cm³/mol. The minimum atomic E-state index is -0.552. The van der Waals surface area contributed by atoms with Gasteiger partial charge in [-0.15, -0.1) is 0 Å². The van der Waals surface area contributed by atoms with Crippen molar-refractivity contribution in [2.75, 3.05) is 31.1 Å². The summed E-state index contributed by atoms with van der Waals surface area (Å²) in [6.07, 6.45) is 0. The van der Waals surface area contributed by atoms with E-state index in [4.69, 9.17) is 4.52 Å². The minimum absolute atomic E-state index is 0.00812. The lowest BCUT2D eigenvalue weighted by Crippen LogP contribution is -2.50. The molecular formula is C17H22N6O3. The summed E-state index contributed by atoms with van der Waals surface area (Å²) in [7, 11) is 2.98. The van der Waals surface area contributed by atoms with E-state index < -0.39 is 11.2 Å². The van der Waals surface area contributed by atoms with Crippen molar-refractivity contribution in [2.45, 2.75) is 20.4 Å². The molecule has 0 saturated carbocycles. The van der Waals surface area contributed by atoms with E-state index in [1.807, 2.05) is 24.8 Å². The highest BCUT2D eigenvalue weighted by Gasteiger charge is 2.25. The van der Waals surface area contributed by atoms with Gasteiger partial charge in [-0.1, -0.05) is 5.16 Å². The Morgan fingerprint density at radius 3 is 2.31 bits per heavy atom. The third-order valence-electron chi connectivity index (χ3n) is 4.98. The molecule has 0 aromatic carbocycles. The van der Waals surface area contributed by atoms with Crippen LogP contribution in [0.1, 0.15) is 22.6 Å². The minimum Gasteiger partial charge on any atom is -0.361 e. The average Bonchev–Trinajstić information content (AvgIpc) is 2.95. The zero-order chi connectivity index (χ0) is 19.0. The molecule has 0 aliphatic carbocycles. The molecule has 0 atom stereocenters. The summed E-state index contributed by atoms with van der Waals surface area (Å²) in [5, 5.41) is 13.4. The lowest BCUT2D eigenvalue weighted by atomic mass is 10.1. The Morgan fingerprint density at radius 1 is 1.12 bits per heavy atom. The van der Waals surface area contributed by atoms with Gasteiger partial charge in [0.15, 0.2) is 5.56 Å². The Hall–Kier alpha value is -2.86. The summed E-state index contributed by atoms with van der Waals surface area (Å²) in [5.41, 5.74) is 1.02. The van der Waals surface area contributed by atoms with Crippen LogP contribution >= 0.6 is 0 Å². The summed E-state index contributed by atoms with van der Waals surface area (Å²) in [6.45, 7) is 7.32. The van der Waals surface area contributed by atoms with Crippen LogP contribution in [0.5, 0.6) is 0 Å². The van der Waals surface area contributed by atoms with Crippen LogP contribution in [-0.4, -0.2) is 45.4 Å². The van der Waals surface area contributed by atoms with Crippen molar-refractivity contribution >= 4 is 5.82 Å². The molecule has 0 amide bonds. The average molecular weight is 358 g/mol. The second kappa shape index (κ2) is 6.80. The van der Waals surface area contributed by atoms with Gasteiger partial charge in [0.25, 0.3) is 5.56 Å². The van der Waals surface area contributed by atoms with Crippen LogP contribution in [0.2, 0.25) is 0 Å². The van der Waals surface area contributed by atoms with Crippen molar-refractivity contribution in [3.05, 3.63) is 43.4 Å². The highest BCUT2D eigenvalue weighted by molar-refractivity contribution is 5.53. The maximum absolute atomic E-state index is 12.3. The maximum Gasteiger partial charge on any atom is 0.332 e. The van der Waals surface area contributed by atoms with Crippen LogP contribution in [0.25, 0.3) is 0 Å². The van der Waals surface area contributed by atoms with Crippen LogP contribution in [0.3, 0.4) is 0 Å². The summed E-state index contributed by atoms with van der Waals surface area (Å²) in [4.78, 5) is 28.7. The zero-order valence-electron chi connectivity index (χ0n) is 15.4. The van der Waals surface area contributed by atoms with E-state index in [0.29, 0.717) is 18.9 Å². The molecule has 1 saturated heterocycles. The standard InChI is InChI=1S/C17H22N6O3/c1-11-14(12(2)26-19-11)10-22-5-7-23(8-6-22)15-13(9-18)16(24)21(4)17(25)20(15)3/h5-8,10H2,1-4H3. The highest BCUT2D eigenvalue weighted by atomic mass is 16.5. The Bertz CT molecular complexity index is 966. The van der Waals surface area contributed by atoms with Crippen LogP contribution in [0.4, 0.5) is 5.82 Å². The van der Waals surface area contributed by atoms with Crippen LogP contribution < -0.4 is 16.1 Å². The monoisotopic (exact) mass is 358 g/mol. The molecule has 1 fully saturated rings. The second-order valence-corrected chi connectivity index (χ2v) is 6.58. The molecule has 0 radical (unpaired) electrons. The maximum atomic E-state index is 12.3. The van der Waals surface area contributed by atoms with E-state index in [0.717, 1.165) is 41.2 Å². The van der Waals surface area contributed by atoms with Crippen LogP contribution in [-0.2, 0) is 20.6 Å². The fraction of sp³-hybridized carbons (Fsp3) is 0.529. The largest absolute Gasteiger partial charge is 0.361 e. The predicted octanol–water partition coefficient (Wildman–Crippen LogP) is -0.117. The Morgan fingerprint density at radius 2 is 1.77 bits per heavy atom. The van der Waals surface area contributed by atoms with Crippen molar-refractivity contribution in [3.63, 3.8) is 0 Å². The molecule has 3 heterocycles. The topological polar surface area (TPSA) is 100 Å². The molecule has 26 heavy (non-hydrogen) atoms. The normalized spacial score (nSPS) is 15.3. The fourth-order valence-electron chi connectivity index (χ4n) is 3.37. The van der Waals surface area contributed by atoms with Crippen LogP contribution in [0.15, 0.2) is 14.1 Å². The Balaban J connectivity index is 1.82. The number of piperazine rings is 1. The van der Waals surface area contributed by atoms with Gasteiger partial charge in [-0.05, 0) is 13.8 Å². The van der Waals surface area contributed by atoms with Crippen molar-refractivity contribution < 1.29 is 4.52 Å². The van der Waals surface area contributed by atoms with E-state index in [1.165, 1.54) is 11.6 Å². The number of aryl methyl sites for hydroxylation is 2. The Kier molecular flexibility index (Phi) is 4.70. The van der Waals surface area contributed by atoms with Gasteiger partial charge in [0.1, 0.15) is 17.6 Å². The molecule has 0 spiro atoms. The summed E-state index contributed by atoms with van der Waals surface area (Å²) >= 11 is 0. The fourth-order valence-corrected chi connectivity index (χ4v) is 3.37. The lowest BCUT2D eigenvalue weighted by Gasteiger charge is -2.36. The van der Waals surface area contributed by atoms with E-state index in [9.17, 15) is 14.9 Å². The zero-order valence-corrected chi connectivity index (χ0v) is 15.4. The molecule has 0 unspecified atom stereocenters. The molecule has 1 aliphatic heterocycles. The van der Waals surface area contributed by atoms with Gasteiger partial charge in [0.2, 0.25) is 0 Å². The van der Waals surface area contributed by atoms with Gasteiger partial charge >= 0.3 is 5.69 Å². The van der Waals surface area contributed by atoms with Crippen molar-refractivity contribution in [2.24, 2.45) is 14.1 Å². The third-order valence-corrected chi connectivity index (χ3v) is 4.98. The molecule has 138 valence electrons. The first-order valence-corrected chi connectivity index (χ1v) is 8.44. The number of nitrogens with zero attached hydrogens (tertiary/aromatic N) is 6. The molecule has 1 aliphatic rings. The quantitative estimate of drug-likeness (QED) is 0.754. The van der Waals surface area contributed by atoms with Gasteiger partial charge in [-0.25, -0.2) is 4.79 Å². The molecule has 3 rings (SSSR count). The van der Waals surface area contributed by atoms with Crippen molar-refractivity contribution in [1.29, 1.82) is 5.26 Å². The smallest absolute Gasteiger partial charge is 0.332 e. The SMILES string of the molecule is Cc1noc(C)c1CN1CCN(c2c(C#N)c(=O)n(C)c(=O)n2C)CC1. The number of rotatable bonds is 3. The molecule has 9 nitrogen and oxygen atoms in total. The second-order valence-electron chi connectivity index (χ2n) is 6.58. The van der Waals surface area contributed by atoms with E-state index in [2.05, 4.69) is 10.1 Å². The molecule has 2 aromatic heterocycles. The summed E-state index contributed by atoms with van der Waals surface area (Å²) in [6, 6.07) is 1.96. The molecule has 0 N–H and O–H groups in total. The van der Waals surface area contributed by atoms with Crippen molar-refractivity contribution in [3.8, 4) is 6.07 Å². The number of nitriles is 1. The first-order valence-electron chi connectivity index (χ1n) is 8.44. The van der Waals surface area contributed by atoms with Gasteiger partial charge in [-0.3, -0.25) is 18.8 Å². The third kappa shape index (κ3) is 2.93. The number of anilines is 1. The number of hydrogen-bond acceptors (Lipinski definition) is 7. The van der Waals surface area contributed by atoms with Gasteiger partial charge in [0, 0.05) is 52.4 Å². The van der Waals surface area contributed by atoms with Gasteiger partial charge in [-0.2, -0.15) is 5.26 Å². The van der Waals surface area contributed by atoms with Crippen molar-refractivity contribution in [1.82, 2.24) is 19.2 Å². The van der Waals surface area contributed by atoms with E-state index in [1.54, 1.807) is 7.05 Å². The molecule has 0 bridgehead atoms. The highest BCUT2D eigenvalue weighted by Crippen LogP contribution is 2.20. The van der Waals surface area contributed by atoms with Crippen LogP contribution in [0, 0.1) is 25.2 Å². The Labute approximate surface area is 150 Å². The first kappa shape index (κ1) is 17.9. The molecule has 2 aromatic rings.